The maximum atomic E-state index is 11.8. The van der Waals surface area contributed by atoms with Gasteiger partial charge in [-0.15, -0.1) is 0 Å². The number of amides is 1. The fourth-order valence-corrected chi connectivity index (χ4v) is 1.91. The maximum absolute atomic E-state index is 11.8. The second-order valence-corrected chi connectivity index (χ2v) is 6.04. The first kappa shape index (κ1) is 15.2. The fraction of sp³-hybridized carbons (Fsp3) is 0.467. The lowest BCUT2D eigenvalue weighted by atomic mass is 10.1. The molecule has 1 aromatic carbocycles. The summed E-state index contributed by atoms with van der Waals surface area (Å²) >= 11 is 0. The molecular weight excluding hydrogens is 268 g/mol. The van der Waals surface area contributed by atoms with Crippen LogP contribution >= 0.6 is 0 Å². The summed E-state index contributed by atoms with van der Waals surface area (Å²) in [6.07, 6.45) is -0.302. The van der Waals surface area contributed by atoms with Crippen molar-refractivity contribution in [2.75, 3.05) is 18.4 Å². The van der Waals surface area contributed by atoms with E-state index in [1.54, 1.807) is 4.90 Å². The molecule has 1 aliphatic heterocycles. The highest BCUT2D eigenvalue weighted by Gasteiger charge is 2.33. The van der Waals surface area contributed by atoms with E-state index in [1.807, 2.05) is 51.1 Å². The molecule has 0 atom stereocenters. The van der Waals surface area contributed by atoms with E-state index < -0.39 is 5.60 Å². The molecule has 21 heavy (non-hydrogen) atoms. The van der Waals surface area contributed by atoms with Crippen LogP contribution in [0.15, 0.2) is 35.3 Å². The quantitative estimate of drug-likeness (QED) is 0.645. The third-order valence-electron chi connectivity index (χ3n) is 2.88. The number of benzene rings is 1. The predicted octanol–water partition coefficient (Wildman–Crippen LogP) is 2.03. The number of hydrogen-bond donors (Lipinski definition) is 2. The summed E-state index contributed by atoms with van der Waals surface area (Å²) in [6, 6.07) is 9.62. The first-order valence-corrected chi connectivity index (χ1v) is 6.97. The van der Waals surface area contributed by atoms with E-state index in [2.05, 4.69) is 10.3 Å². The molecule has 3 N–H and O–H groups in total. The summed E-state index contributed by atoms with van der Waals surface area (Å²) in [5.74, 6) is 0.357. The third kappa shape index (κ3) is 4.66. The Morgan fingerprint density at radius 2 is 1.95 bits per heavy atom. The van der Waals surface area contributed by atoms with Crippen LogP contribution in [0.5, 0.6) is 0 Å². The van der Waals surface area contributed by atoms with Gasteiger partial charge in [-0.3, -0.25) is 0 Å². The van der Waals surface area contributed by atoms with Crippen molar-refractivity contribution in [2.45, 2.75) is 32.4 Å². The molecule has 114 valence electrons. The Morgan fingerprint density at radius 3 is 2.52 bits per heavy atom. The van der Waals surface area contributed by atoms with E-state index in [-0.39, 0.29) is 12.1 Å². The minimum atomic E-state index is -0.473. The highest BCUT2D eigenvalue weighted by atomic mass is 16.6. The number of anilines is 1. The van der Waals surface area contributed by atoms with Crippen LogP contribution in [0.4, 0.5) is 10.5 Å². The van der Waals surface area contributed by atoms with E-state index in [0.717, 1.165) is 5.69 Å². The van der Waals surface area contributed by atoms with E-state index >= 15 is 0 Å². The van der Waals surface area contributed by atoms with Crippen LogP contribution in [0.25, 0.3) is 0 Å². The van der Waals surface area contributed by atoms with Crippen molar-refractivity contribution >= 4 is 17.7 Å². The lowest BCUT2D eigenvalue weighted by molar-refractivity contribution is 0.00905. The number of nitrogens with one attached hydrogen (secondary N) is 1. The SMILES string of the molecule is CC(C)(C)OC(=O)N1CC(N=C(N)Nc2ccccc2)C1. The van der Waals surface area contributed by atoms with E-state index in [0.29, 0.717) is 19.0 Å². The van der Waals surface area contributed by atoms with Crippen LogP contribution < -0.4 is 11.1 Å². The molecule has 1 heterocycles. The Morgan fingerprint density at radius 1 is 1.33 bits per heavy atom. The summed E-state index contributed by atoms with van der Waals surface area (Å²) in [7, 11) is 0. The molecule has 0 aliphatic carbocycles. The van der Waals surface area contributed by atoms with Gasteiger partial charge in [0.1, 0.15) is 5.60 Å². The van der Waals surface area contributed by atoms with Crippen molar-refractivity contribution in [3.63, 3.8) is 0 Å². The number of carbonyl (C=O) groups is 1. The monoisotopic (exact) mass is 290 g/mol. The highest BCUT2D eigenvalue weighted by molar-refractivity contribution is 5.92. The van der Waals surface area contributed by atoms with Gasteiger partial charge in [0.25, 0.3) is 0 Å². The second-order valence-electron chi connectivity index (χ2n) is 6.04. The van der Waals surface area contributed by atoms with Gasteiger partial charge in [-0.1, -0.05) is 18.2 Å². The van der Waals surface area contributed by atoms with Crippen LogP contribution in [0.3, 0.4) is 0 Å². The molecule has 0 saturated carbocycles. The van der Waals surface area contributed by atoms with E-state index in [4.69, 9.17) is 10.5 Å². The normalized spacial score (nSPS) is 16.3. The smallest absolute Gasteiger partial charge is 0.410 e. The molecule has 1 aliphatic rings. The van der Waals surface area contributed by atoms with E-state index in [9.17, 15) is 4.79 Å². The Kier molecular flexibility index (Phi) is 4.35. The van der Waals surface area contributed by atoms with Crippen LogP contribution in [0, 0.1) is 0 Å². The summed E-state index contributed by atoms with van der Waals surface area (Å²) < 4.78 is 5.28. The molecule has 1 fully saturated rings. The van der Waals surface area contributed by atoms with Crippen molar-refractivity contribution in [2.24, 2.45) is 10.7 Å². The first-order valence-electron chi connectivity index (χ1n) is 6.97. The molecule has 0 radical (unpaired) electrons. The van der Waals surface area contributed by atoms with Crippen LogP contribution in [0.2, 0.25) is 0 Å². The first-order chi connectivity index (χ1) is 9.83. The molecular formula is C15H22N4O2. The topological polar surface area (TPSA) is 80.0 Å². The Bertz CT molecular complexity index is 516. The minimum Gasteiger partial charge on any atom is -0.444 e. The molecule has 0 spiro atoms. The van der Waals surface area contributed by atoms with Gasteiger partial charge < -0.3 is 20.7 Å². The zero-order valence-corrected chi connectivity index (χ0v) is 12.7. The van der Waals surface area contributed by atoms with Gasteiger partial charge in [0.15, 0.2) is 5.96 Å². The van der Waals surface area contributed by atoms with E-state index in [1.165, 1.54) is 0 Å². The zero-order valence-electron chi connectivity index (χ0n) is 12.7. The molecule has 6 heteroatoms. The maximum Gasteiger partial charge on any atom is 0.410 e. The molecule has 1 aromatic rings. The molecule has 2 rings (SSSR count). The number of aliphatic imine (C=N–C) groups is 1. The van der Waals surface area contributed by atoms with Crippen LogP contribution in [-0.4, -0.2) is 41.7 Å². The number of rotatable bonds is 2. The summed E-state index contributed by atoms with van der Waals surface area (Å²) in [6.45, 7) is 6.62. The number of ether oxygens (including phenoxy) is 1. The Hall–Kier alpha value is -2.24. The number of hydrogen-bond acceptors (Lipinski definition) is 3. The van der Waals surface area contributed by atoms with Crippen molar-refractivity contribution in [1.82, 2.24) is 4.90 Å². The number of carbonyl (C=O) groups excluding carboxylic acids is 1. The molecule has 0 bridgehead atoms. The van der Waals surface area contributed by atoms with Crippen molar-refractivity contribution in [3.8, 4) is 0 Å². The lowest BCUT2D eigenvalue weighted by Gasteiger charge is -2.37. The van der Waals surface area contributed by atoms with Gasteiger partial charge in [-0.05, 0) is 32.9 Å². The molecule has 0 aromatic heterocycles. The minimum absolute atomic E-state index is 0.0220. The summed E-state index contributed by atoms with van der Waals surface area (Å²) in [5, 5.41) is 3.02. The molecule has 6 nitrogen and oxygen atoms in total. The summed E-state index contributed by atoms with van der Waals surface area (Å²) in [4.78, 5) is 17.7. The zero-order chi connectivity index (χ0) is 15.5. The predicted molar refractivity (Wildman–Crippen MR) is 83.3 cm³/mol. The lowest BCUT2D eigenvalue weighted by Crippen LogP contribution is -2.54. The number of para-hydroxylation sites is 1. The highest BCUT2D eigenvalue weighted by Crippen LogP contribution is 2.17. The van der Waals surface area contributed by atoms with Crippen molar-refractivity contribution in [3.05, 3.63) is 30.3 Å². The second kappa shape index (κ2) is 6.03. The van der Waals surface area contributed by atoms with Gasteiger partial charge in [-0.2, -0.15) is 0 Å². The van der Waals surface area contributed by atoms with Gasteiger partial charge in [0, 0.05) is 18.8 Å². The molecule has 1 saturated heterocycles. The van der Waals surface area contributed by atoms with Gasteiger partial charge in [-0.25, -0.2) is 9.79 Å². The Balaban J connectivity index is 1.79. The van der Waals surface area contributed by atoms with Gasteiger partial charge >= 0.3 is 6.09 Å². The molecule has 1 amide bonds. The largest absolute Gasteiger partial charge is 0.444 e. The standard InChI is InChI=1S/C15H22N4O2/c1-15(2,3)21-14(20)19-9-12(10-19)18-13(16)17-11-7-5-4-6-8-11/h4-8,12H,9-10H2,1-3H3,(H3,16,17,18). The number of likely N-dealkylation sites (tertiary alicyclic amines) is 1. The van der Waals surface area contributed by atoms with Crippen LogP contribution in [-0.2, 0) is 4.74 Å². The Labute approximate surface area is 125 Å². The number of nitrogens with two attached hydrogens (primary N) is 1. The third-order valence-corrected chi connectivity index (χ3v) is 2.88. The average molecular weight is 290 g/mol. The van der Waals surface area contributed by atoms with Crippen LogP contribution in [0.1, 0.15) is 20.8 Å². The molecule has 0 unspecified atom stereocenters. The van der Waals surface area contributed by atoms with Gasteiger partial charge in [0.2, 0.25) is 0 Å². The van der Waals surface area contributed by atoms with Gasteiger partial charge in [0.05, 0.1) is 6.04 Å². The summed E-state index contributed by atoms with van der Waals surface area (Å²) in [5.41, 5.74) is 6.26. The van der Waals surface area contributed by atoms with Crippen molar-refractivity contribution in [1.29, 1.82) is 0 Å². The number of guanidine groups is 1. The number of nitrogens with zero attached hydrogens (tertiary/aromatic N) is 2. The average Bonchev–Trinajstić information content (AvgIpc) is 2.32. The fourth-order valence-electron chi connectivity index (χ4n) is 1.91. The van der Waals surface area contributed by atoms with Crippen molar-refractivity contribution < 1.29 is 9.53 Å².